The van der Waals surface area contributed by atoms with E-state index in [9.17, 15) is 13.2 Å². The molecule has 1 aliphatic rings. The van der Waals surface area contributed by atoms with E-state index in [0.29, 0.717) is 44.0 Å². The molecule has 130 valence electrons. The van der Waals surface area contributed by atoms with Crippen molar-refractivity contribution in [2.24, 2.45) is 0 Å². The summed E-state index contributed by atoms with van der Waals surface area (Å²) in [6, 6.07) is 0.841. The van der Waals surface area contributed by atoms with Crippen LogP contribution < -0.4 is 4.90 Å². The Labute approximate surface area is 140 Å². The number of anilines is 1. The number of hydrogen-bond acceptors (Lipinski definition) is 7. The maximum atomic E-state index is 12.7. The highest BCUT2D eigenvalue weighted by Gasteiger charge is 2.33. The fourth-order valence-electron chi connectivity index (χ4n) is 2.26. The lowest BCUT2D eigenvalue weighted by Gasteiger charge is -2.27. The van der Waals surface area contributed by atoms with E-state index in [0.717, 1.165) is 24.0 Å². The van der Waals surface area contributed by atoms with Crippen molar-refractivity contribution in [2.75, 3.05) is 31.2 Å². The lowest BCUT2D eigenvalue weighted by Crippen LogP contribution is -2.38. The zero-order valence-electron chi connectivity index (χ0n) is 12.8. The summed E-state index contributed by atoms with van der Waals surface area (Å²) in [7, 11) is 0. The Kier molecular flexibility index (Phi) is 4.90. The predicted molar refractivity (Wildman–Crippen MR) is 79.9 cm³/mol. The number of halogens is 3. The van der Waals surface area contributed by atoms with Crippen LogP contribution in [-0.4, -0.2) is 51.0 Å². The smallest absolute Gasteiger partial charge is 0.378 e. The summed E-state index contributed by atoms with van der Waals surface area (Å²) < 4.78 is 45.4. The van der Waals surface area contributed by atoms with Crippen molar-refractivity contribution >= 4 is 17.7 Å². The number of morpholine rings is 1. The fraction of sp³-hybridized carbons (Fsp3) is 0.538. The third-order valence-electron chi connectivity index (χ3n) is 3.41. The fourth-order valence-corrected chi connectivity index (χ4v) is 3.08. The molecule has 3 heterocycles. The van der Waals surface area contributed by atoms with E-state index in [1.54, 1.807) is 0 Å². The van der Waals surface area contributed by atoms with Gasteiger partial charge in [-0.3, -0.25) is 4.57 Å². The first kappa shape index (κ1) is 17.0. The van der Waals surface area contributed by atoms with Gasteiger partial charge in [0.05, 0.1) is 13.2 Å². The minimum absolute atomic E-state index is 0.0135. The maximum Gasteiger partial charge on any atom is 0.433 e. The number of alkyl halides is 3. The zero-order valence-corrected chi connectivity index (χ0v) is 13.6. The van der Waals surface area contributed by atoms with E-state index in [1.165, 1.54) is 0 Å². The highest BCUT2D eigenvalue weighted by atomic mass is 32.2. The quantitative estimate of drug-likeness (QED) is 0.774. The van der Waals surface area contributed by atoms with E-state index >= 15 is 0 Å². The largest absolute Gasteiger partial charge is 0.433 e. The summed E-state index contributed by atoms with van der Waals surface area (Å²) in [5.41, 5.74) is -0.976. The predicted octanol–water partition coefficient (Wildman–Crippen LogP) is 2.09. The molecule has 0 unspecified atom stereocenters. The van der Waals surface area contributed by atoms with Gasteiger partial charge >= 0.3 is 6.18 Å². The minimum Gasteiger partial charge on any atom is -0.378 e. The molecule has 11 heteroatoms. The summed E-state index contributed by atoms with van der Waals surface area (Å²) >= 11 is 0.963. The second-order valence-electron chi connectivity index (χ2n) is 4.95. The molecule has 0 saturated carbocycles. The van der Waals surface area contributed by atoms with Gasteiger partial charge in [-0.1, -0.05) is 0 Å². The molecule has 0 bridgehead atoms. The van der Waals surface area contributed by atoms with Gasteiger partial charge in [-0.25, -0.2) is 9.97 Å². The average Bonchev–Trinajstić information content (AvgIpc) is 2.98. The first-order valence-electron chi connectivity index (χ1n) is 7.33. The summed E-state index contributed by atoms with van der Waals surface area (Å²) in [5, 5.41) is 8.69. The van der Waals surface area contributed by atoms with Crippen molar-refractivity contribution in [1.29, 1.82) is 0 Å². The van der Waals surface area contributed by atoms with Gasteiger partial charge in [0.25, 0.3) is 0 Å². The Hall–Kier alpha value is -1.88. The van der Waals surface area contributed by atoms with Crippen LogP contribution in [0.2, 0.25) is 0 Å². The Bertz CT molecular complexity index is 701. The number of nitrogens with zero attached hydrogens (tertiary/aromatic N) is 6. The second kappa shape index (κ2) is 6.93. The number of ether oxygens (including phenoxy) is 1. The van der Waals surface area contributed by atoms with Crippen LogP contribution in [0.25, 0.3) is 0 Å². The molecule has 0 aromatic carbocycles. The van der Waals surface area contributed by atoms with Crippen LogP contribution in [0.3, 0.4) is 0 Å². The van der Waals surface area contributed by atoms with Crippen molar-refractivity contribution in [1.82, 2.24) is 24.7 Å². The van der Waals surface area contributed by atoms with Crippen molar-refractivity contribution in [3.8, 4) is 0 Å². The average molecular weight is 360 g/mol. The monoisotopic (exact) mass is 360 g/mol. The number of rotatable bonds is 4. The molecule has 1 fully saturated rings. The lowest BCUT2D eigenvalue weighted by atomic mass is 10.4. The first-order chi connectivity index (χ1) is 11.5. The van der Waals surface area contributed by atoms with Gasteiger partial charge in [-0.05, 0) is 24.8 Å². The summed E-state index contributed by atoms with van der Waals surface area (Å²) in [4.78, 5) is 9.47. The van der Waals surface area contributed by atoms with Crippen LogP contribution in [0.15, 0.2) is 22.6 Å². The maximum absolute atomic E-state index is 12.7. The molecular formula is C13H15F3N6OS. The Balaban J connectivity index is 1.84. The Morgan fingerprint density at radius 2 is 2.00 bits per heavy atom. The zero-order chi connectivity index (χ0) is 17.2. The summed E-state index contributed by atoms with van der Waals surface area (Å²) in [5.74, 6) is 0.676. The van der Waals surface area contributed by atoms with E-state index < -0.39 is 11.9 Å². The van der Waals surface area contributed by atoms with Gasteiger partial charge in [-0.15, -0.1) is 10.2 Å². The molecule has 2 aromatic rings. The molecule has 24 heavy (non-hydrogen) atoms. The molecule has 0 radical (unpaired) electrons. The van der Waals surface area contributed by atoms with Crippen molar-refractivity contribution in [2.45, 2.75) is 30.0 Å². The summed E-state index contributed by atoms with van der Waals surface area (Å²) in [6.45, 7) is 5.11. The molecule has 0 aliphatic carbocycles. The van der Waals surface area contributed by atoms with Gasteiger partial charge in [0.1, 0.15) is 5.69 Å². The molecule has 0 N–H and O–H groups in total. The van der Waals surface area contributed by atoms with Crippen molar-refractivity contribution < 1.29 is 17.9 Å². The third kappa shape index (κ3) is 3.61. The molecule has 3 rings (SSSR count). The lowest BCUT2D eigenvalue weighted by molar-refractivity contribution is -0.141. The van der Waals surface area contributed by atoms with Crippen LogP contribution in [0.1, 0.15) is 12.6 Å². The number of hydrogen-bond donors (Lipinski definition) is 0. The second-order valence-corrected chi connectivity index (χ2v) is 5.88. The normalized spacial score (nSPS) is 15.8. The van der Waals surface area contributed by atoms with Gasteiger partial charge < -0.3 is 9.64 Å². The highest BCUT2D eigenvalue weighted by Crippen LogP contribution is 2.31. The molecule has 7 nitrogen and oxygen atoms in total. The van der Waals surface area contributed by atoms with Crippen LogP contribution in [0.4, 0.5) is 19.1 Å². The van der Waals surface area contributed by atoms with Crippen LogP contribution >= 0.6 is 11.8 Å². The van der Waals surface area contributed by atoms with Gasteiger partial charge in [0.15, 0.2) is 10.3 Å². The molecule has 1 aliphatic heterocycles. The summed E-state index contributed by atoms with van der Waals surface area (Å²) in [6.07, 6.45) is -3.41. The van der Waals surface area contributed by atoms with Gasteiger partial charge in [-0.2, -0.15) is 13.2 Å². The van der Waals surface area contributed by atoms with Crippen molar-refractivity contribution in [3.05, 3.63) is 18.0 Å². The van der Waals surface area contributed by atoms with Crippen LogP contribution in [-0.2, 0) is 17.5 Å². The van der Waals surface area contributed by atoms with E-state index in [4.69, 9.17) is 4.74 Å². The first-order valence-corrected chi connectivity index (χ1v) is 8.14. The standard InChI is InChI=1S/C13H15F3N6OS/c1-2-22-11(21-5-7-23-8-6-21)19-20-12(22)24-10-17-4-3-9(18-10)13(14,15)16/h3-4H,2,5-8H2,1H3. The molecule has 1 saturated heterocycles. The Morgan fingerprint density at radius 1 is 1.25 bits per heavy atom. The minimum atomic E-state index is -4.50. The third-order valence-corrected chi connectivity index (χ3v) is 4.28. The Morgan fingerprint density at radius 3 is 2.67 bits per heavy atom. The van der Waals surface area contributed by atoms with E-state index in [2.05, 4.69) is 20.2 Å². The van der Waals surface area contributed by atoms with Crippen LogP contribution in [0.5, 0.6) is 0 Å². The molecule has 2 aromatic heterocycles. The van der Waals surface area contributed by atoms with Gasteiger partial charge in [0, 0.05) is 25.8 Å². The van der Waals surface area contributed by atoms with Crippen LogP contribution in [0, 0.1) is 0 Å². The van der Waals surface area contributed by atoms with E-state index in [-0.39, 0.29) is 5.16 Å². The topological polar surface area (TPSA) is 69.0 Å². The molecular weight excluding hydrogens is 345 g/mol. The van der Waals surface area contributed by atoms with Gasteiger partial charge in [0.2, 0.25) is 5.95 Å². The van der Waals surface area contributed by atoms with E-state index in [1.807, 2.05) is 16.4 Å². The van der Waals surface area contributed by atoms with Crippen molar-refractivity contribution in [3.63, 3.8) is 0 Å². The highest BCUT2D eigenvalue weighted by molar-refractivity contribution is 7.99. The molecule has 0 spiro atoms. The molecule has 0 amide bonds. The number of aromatic nitrogens is 5. The molecule has 0 atom stereocenters. The SMILES string of the molecule is CCn1c(Sc2nccc(C(F)(F)F)n2)nnc1N1CCOCC1.